The third-order valence-corrected chi connectivity index (χ3v) is 8.07. The summed E-state index contributed by atoms with van der Waals surface area (Å²) in [5, 5.41) is 0. The van der Waals surface area contributed by atoms with Gasteiger partial charge in [0, 0.05) is 58.4 Å². The van der Waals surface area contributed by atoms with Gasteiger partial charge in [0.2, 0.25) is 10.0 Å². The Morgan fingerprint density at radius 1 is 0.853 bits per heavy atom. The van der Waals surface area contributed by atoms with E-state index in [0.717, 1.165) is 49.9 Å². The van der Waals surface area contributed by atoms with Crippen LogP contribution in [0.5, 0.6) is 0 Å². The predicted molar refractivity (Wildman–Crippen MR) is 124 cm³/mol. The second-order valence-corrected chi connectivity index (χ2v) is 10.7. The molecule has 186 valence electrons. The topological polar surface area (TPSA) is 72.9 Å². The number of aryl methyl sites for hydroxylation is 1. The normalized spacial score (nSPS) is 19.0. The highest BCUT2D eigenvalue weighted by molar-refractivity contribution is 7.88. The summed E-state index contributed by atoms with van der Waals surface area (Å²) < 4.78 is 65.4. The number of hydrogen-bond acceptors (Lipinski definition) is 7. The molecule has 2 fully saturated rings. The number of likely N-dealkylation sites (N-methyl/N-ethyl adjacent to an activating group) is 1. The minimum Gasteiger partial charge on any atom is -0.354 e. The van der Waals surface area contributed by atoms with Crippen LogP contribution in [0.1, 0.15) is 17.0 Å². The van der Waals surface area contributed by atoms with E-state index in [2.05, 4.69) is 31.7 Å². The van der Waals surface area contributed by atoms with E-state index in [4.69, 9.17) is 0 Å². The molecule has 3 heterocycles. The van der Waals surface area contributed by atoms with Gasteiger partial charge in [0.1, 0.15) is 17.5 Å². The molecule has 12 heteroatoms. The van der Waals surface area contributed by atoms with Crippen LogP contribution < -0.4 is 9.80 Å². The Bertz CT molecular complexity index is 1090. The average Bonchev–Trinajstić information content (AvgIpc) is 2.79. The van der Waals surface area contributed by atoms with E-state index in [1.54, 1.807) is 0 Å². The average molecular weight is 499 g/mol. The summed E-state index contributed by atoms with van der Waals surface area (Å²) >= 11 is 0. The van der Waals surface area contributed by atoms with Crippen LogP contribution in [-0.4, -0.2) is 87.0 Å². The van der Waals surface area contributed by atoms with Gasteiger partial charge in [-0.2, -0.15) is 17.5 Å². The van der Waals surface area contributed by atoms with Crippen molar-refractivity contribution in [1.29, 1.82) is 0 Å². The summed E-state index contributed by atoms with van der Waals surface area (Å²) in [6.07, 6.45) is -4.45. The monoisotopic (exact) mass is 498 g/mol. The molecular weight excluding hydrogens is 469 g/mol. The minimum absolute atomic E-state index is 0.288. The van der Waals surface area contributed by atoms with Crippen molar-refractivity contribution in [2.45, 2.75) is 18.9 Å². The fourth-order valence-electron chi connectivity index (χ4n) is 4.18. The third kappa shape index (κ3) is 5.78. The molecule has 1 aromatic carbocycles. The first-order valence-corrected chi connectivity index (χ1v) is 12.8. The fraction of sp³-hybridized carbons (Fsp3) is 0.545. The van der Waals surface area contributed by atoms with Gasteiger partial charge in [0.05, 0.1) is 11.3 Å². The molecule has 0 aliphatic carbocycles. The Morgan fingerprint density at radius 3 is 1.85 bits per heavy atom. The smallest absolute Gasteiger partial charge is 0.354 e. The molecule has 4 rings (SSSR count). The standard InChI is InChI=1S/C22H29F3N6O2S/c1-17-26-20(29-9-7-28(2)8-10-29)15-21(27-17)30-11-13-31(14-12-30)34(32,33)16-18-3-5-19(6-4-18)22(23,24)25/h3-6,15H,7-14,16H2,1-2H3. The van der Waals surface area contributed by atoms with Crippen LogP contribution in [0.3, 0.4) is 0 Å². The third-order valence-electron chi connectivity index (χ3n) is 6.22. The van der Waals surface area contributed by atoms with E-state index >= 15 is 0 Å². The molecule has 0 atom stereocenters. The first kappa shape index (κ1) is 24.7. The second kappa shape index (κ2) is 9.67. The highest BCUT2D eigenvalue weighted by atomic mass is 32.2. The van der Waals surface area contributed by atoms with Crippen LogP contribution >= 0.6 is 0 Å². The SMILES string of the molecule is Cc1nc(N2CCN(C)CC2)cc(N2CCN(S(=O)(=O)Cc3ccc(C(F)(F)F)cc3)CC2)n1. The minimum atomic E-state index is -4.45. The van der Waals surface area contributed by atoms with Crippen molar-refractivity contribution < 1.29 is 21.6 Å². The molecule has 0 bridgehead atoms. The number of alkyl halides is 3. The lowest BCUT2D eigenvalue weighted by atomic mass is 10.1. The number of aromatic nitrogens is 2. The lowest BCUT2D eigenvalue weighted by Crippen LogP contribution is -2.49. The van der Waals surface area contributed by atoms with Gasteiger partial charge in [-0.3, -0.25) is 0 Å². The predicted octanol–water partition coefficient (Wildman–Crippen LogP) is 2.21. The van der Waals surface area contributed by atoms with Crippen molar-refractivity contribution in [3.05, 3.63) is 47.3 Å². The largest absolute Gasteiger partial charge is 0.416 e. The Morgan fingerprint density at radius 2 is 1.35 bits per heavy atom. The van der Waals surface area contributed by atoms with Crippen LogP contribution in [0.25, 0.3) is 0 Å². The molecule has 2 aromatic rings. The summed E-state index contributed by atoms with van der Waals surface area (Å²) in [5.74, 6) is 2.00. The number of rotatable bonds is 5. The molecule has 0 saturated carbocycles. The number of halogens is 3. The van der Waals surface area contributed by atoms with Gasteiger partial charge in [-0.15, -0.1) is 0 Å². The molecule has 8 nitrogen and oxygen atoms in total. The molecule has 0 unspecified atom stereocenters. The summed E-state index contributed by atoms with van der Waals surface area (Å²) in [7, 11) is -1.55. The molecular formula is C22H29F3N6O2S. The maximum absolute atomic E-state index is 12.9. The van der Waals surface area contributed by atoms with Gasteiger partial charge >= 0.3 is 6.18 Å². The molecule has 0 amide bonds. The summed E-state index contributed by atoms with van der Waals surface area (Å²) in [5.41, 5.74) is -0.461. The zero-order valence-electron chi connectivity index (χ0n) is 19.3. The van der Waals surface area contributed by atoms with Crippen LogP contribution in [0, 0.1) is 6.92 Å². The lowest BCUT2D eigenvalue weighted by Gasteiger charge is -2.36. The van der Waals surface area contributed by atoms with Gasteiger partial charge in [-0.1, -0.05) is 12.1 Å². The number of benzene rings is 1. The Labute approximate surface area is 198 Å². The molecule has 2 aliphatic rings. The van der Waals surface area contributed by atoms with E-state index in [0.29, 0.717) is 24.5 Å². The van der Waals surface area contributed by atoms with Crippen LogP contribution in [0.2, 0.25) is 0 Å². The fourth-order valence-corrected chi connectivity index (χ4v) is 5.70. The van der Waals surface area contributed by atoms with Crippen molar-refractivity contribution in [2.75, 3.05) is 69.2 Å². The Hall–Kier alpha value is -2.44. The van der Waals surface area contributed by atoms with Crippen molar-refractivity contribution >= 4 is 21.7 Å². The van der Waals surface area contributed by atoms with Gasteiger partial charge < -0.3 is 14.7 Å². The van der Waals surface area contributed by atoms with Crippen molar-refractivity contribution in [3.8, 4) is 0 Å². The number of anilines is 2. The number of hydrogen-bond donors (Lipinski definition) is 0. The number of nitrogens with zero attached hydrogens (tertiary/aromatic N) is 6. The molecule has 1 aromatic heterocycles. The molecule has 2 aliphatic heterocycles. The van der Waals surface area contributed by atoms with Crippen LogP contribution in [-0.2, 0) is 22.0 Å². The van der Waals surface area contributed by atoms with Gasteiger partial charge in [0.15, 0.2) is 0 Å². The van der Waals surface area contributed by atoms with Crippen molar-refractivity contribution in [3.63, 3.8) is 0 Å². The zero-order valence-corrected chi connectivity index (χ0v) is 20.1. The molecule has 0 N–H and O–H groups in total. The maximum Gasteiger partial charge on any atom is 0.416 e. The van der Waals surface area contributed by atoms with Crippen LogP contribution in [0.4, 0.5) is 24.8 Å². The van der Waals surface area contributed by atoms with E-state index in [1.165, 1.54) is 16.4 Å². The Kier molecular flexibility index (Phi) is 7.02. The zero-order chi connectivity index (χ0) is 24.5. The second-order valence-electron chi connectivity index (χ2n) is 8.76. The highest BCUT2D eigenvalue weighted by Gasteiger charge is 2.31. The quantitative estimate of drug-likeness (QED) is 0.626. The molecule has 0 spiro atoms. The molecule has 2 saturated heterocycles. The van der Waals surface area contributed by atoms with Crippen LogP contribution in [0.15, 0.2) is 30.3 Å². The van der Waals surface area contributed by atoms with Gasteiger partial charge in [-0.05, 0) is 31.7 Å². The summed E-state index contributed by atoms with van der Waals surface area (Å²) in [6.45, 7) is 7.10. The van der Waals surface area contributed by atoms with E-state index in [-0.39, 0.29) is 18.8 Å². The highest BCUT2D eigenvalue weighted by Crippen LogP contribution is 2.29. The number of piperazine rings is 2. The van der Waals surface area contributed by atoms with E-state index in [9.17, 15) is 21.6 Å². The first-order chi connectivity index (χ1) is 16.0. The molecule has 34 heavy (non-hydrogen) atoms. The van der Waals surface area contributed by atoms with Crippen molar-refractivity contribution in [1.82, 2.24) is 19.2 Å². The molecule has 0 radical (unpaired) electrons. The Balaban J connectivity index is 1.39. The van der Waals surface area contributed by atoms with Gasteiger partial charge in [0.25, 0.3) is 0 Å². The van der Waals surface area contributed by atoms with Gasteiger partial charge in [-0.25, -0.2) is 18.4 Å². The first-order valence-electron chi connectivity index (χ1n) is 11.2. The summed E-state index contributed by atoms with van der Waals surface area (Å²) in [4.78, 5) is 15.7. The van der Waals surface area contributed by atoms with E-state index < -0.39 is 21.8 Å². The number of sulfonamides is 1. The van der Waals surface area contributed by atoms with Crippen molar-refractivity contribution in [2.24, 2.45) is 0 Å². The van der Waals surface area contributed by atoms with E-state index in [1.807, 2.05) is 13.0 Å². The maximum atomic E-state index is 12.9. The summed E-state index contributed by atoms with van der Waals surface area (Å²) in [6, 6.07) is 6.24. The lowest BCUT2D eigenvalue weighted by molar-refractivity contribution is -0.137.